The van der Waals surface area contributed by atoms with Gasteiger partial charge in [0.25, 0.3) is 0 Å². The first kappa shape index (κ1) is 14.1. The minimum atomic E-state index is 0.265. The SMILES string of the molecule is CN(Cc1cccc2ccccc12)/N=C/c1ccc(O)cc1. The van der Waals surface area contributed by atoms with Crippen molar-refractivity contribution >= 4 is 17.0 Å². The first-order valence-corrected chi connectivity index (χ1v) is 7.23. The maximum atomic E-state index is 9.27. The number of hydrogen-bond donors (Lipinski definition) is 1. The van der Waals surface area contributed by atoms with Crippen LogP contribution >= 0.6 is 0 Å². The van der Waals surface area contributed by atoms with Crippen molar-refractivity contribution in [2.24, 2.45) is 5.10 Å². The van der Waals surface area contributed by atoms with Crippen LogP contribution in [0.15, 0.2) is 71.8 Å². The summed E-state index contributed by atoms with van der Waals surface area (Å²) in [5.74, 6) is 0.265. The molecule has 3 nitrogen and oxygen atoms in total. The molecule has 0 amide bonds. The van der Waals surface area contributed by atoms with Gasteiger partial charge in [-0.25, -0.2) is 0 Å². The number of rotatable bonds is 4. The molecule has 0 radical (unpaired) electrons. The molecule has 0 aromatic heterocycles. The third-order valence-corrected chi connectivity index (χ3v) is 3.58. The zero-order valence-electron chi connectivity index (χ0n) is 12.5. The van der Waals surface area contributed by atoms with Crippen LogP contribution in [0.1, 0.15) is 11.1 Å². The van der Waals surface area contributed by atoms with Gasteiger partial charge in [-0.05, 0) is 46.2 Å². The van der Waals surface area contributed by atoms with E-state index in [2.05, 4.69) is 47.6 Å². The number of phenolic OH excluding ortho intramolecular Hbond substituents is 1. The fourth-order valence-electron chi connectivity index (χ4n) is 2.44. The predicted octanol–water partition coefficient (Wildman–Crippen LogP) is 4.01. The zero-order valence-corrected chi connectivity index (χ0v) is 12.5. The van der Waals surface area contributed by atoms with Crippen molar-refractivity contribution in [3.8, 4) is 5.75 Å². The van der Waals surface area contributed by atoms with Crippen LogP contribution in [0.4, 0.5) is 0 Å². The Morgan fingerprint density at radius 2 is 1.68 bits per heavy atom. The van der Waals surface area contributed by atoms with Gasteiger partial charge in [-0.2, -0.15) is 5.10 Å². The molecule has 3 aromatic carbocycles. The maximum Gasteiger partial charge on any atom is 0.115 e. The summed E-state index contributed by atoms with van der Waals surface area (Å²) in [5.41, 5.74) is 2.21. The topological polar surface area (TPSA) is 35.8 Å². The molecule has 0 atom stereocenters. The highest BCUT2D eigenvalue weighted by atomic mass is 16.3. The number of aromatic hydroxyl groups is 1. The number of hydrazone groups is 1. The molecule has 0 aliphatic carbocycles. The summed E-state index contributed by atoms with van der Waals surface area (Å²) in [7, 11) is 1.96. The van der Waals surface area contributed by atoms with E-state index >= 15 is 0 Å². The Kier molecular flexibility index (Phi) is 4.05. The molecule has 1 N–H and O–H groups in total. The van der Waals surface area contributed by atoms with Crippen LogP contribution in [-0.4, -0.2) is 23.4 Å². The fourth-order valence-corrected chi connectivity index (χ4v) is 2.44. The quantitative estimate of drug-likeness (QED) is 0.582. The Bertz CT molecular complexity index is 789. The van der Waals surface area contributed by atoms with E-state index in [0.29, 0.717) is 0 Å². The van der Waals surface area contributed by atoms with E-state index in [1.807, 2.05) is 24.2 Å². The summed E-state index contributed by atoms with van der Waals surface area (Å²) in [6.07, 6.45) is 1.80. The van der Waals surface area contributed by atoms with E-state index < -0.39 is 0 Å². The molecule has 3 rings (SSSR count). The molecule has 0 heterocycles. The van der Waals surface area contributed by atoms with Crippen molar-refractivity contribution < 1.29 is 5.11 Å². The van der Waals surface area contributed by atoms with Crippen LogP contribution in [0.3, 0.4) is 0 Å². The van der Waals surface area contributed by atoms with Crippen LogP contribution in [0.25, 0.3) is 10.8 Å². The van der Waals surface area contributed by atoms with Gasteiger partial charge in [0.15, 0.2) is 0 Å². The van der Waals surface area contributed by atoms with Gasteiger partial charge < -0.3 is 5.11 Å². The number of phenols is 1. The summed E-state index contributed by atoms with van der Waals surface area (Å²) in [6.45, 7) is 0.746. The summed E-state index contributed by atoms with van der Waals surface area (Å²) in [4.78, 5) is 0. The lowest BCUT2D eigenvalue weighted by Crippen LogP contribution is -2.11. The zero-order chi connectivity index (χ0) is 15.4. The molecule has 3 aromatic rings. The third kappa shape index (κ3) is 3.26. The number of hydrogen-bond acceptors (Lipinski definition) is 3. The fraction of sp³-hybridized carbons (Fsp3) is 0.105. The van der Waals surface area contributed by atoms with E-state index in [1.165, 1.54) is 16.3 Å². The summed E-state index contributed by atoms with van der Waals surface area (Å²) in [5, 5.41) is 18.1. The van der Waals surface area contributed by atoms with Gasteiger partial charge in [0.05, 0.1) is 12.8 Å². The van der Waals surface area contributed by atoms with Gasteiger partial charge in [-0.15, -0.1) is 0 Å². The number of benzene rings is 3. The van der Waals surface area contributed by atoms with Crippen molar-refractivity contribution in [1.82, 2.24) is 5.01 Å². The molecule has 0 fully saturated rings. The Balaban J connectivity index is 1.75. The first-order valence-electron chi connectivity index (χ1n) is 7.23. The molecule has 22 heavy (non-hydrogen) atoms. The van der Waals surface area contributed by atoms with Crippen molar-refractivity contribution in [2.75, 3.05) is 7.05 Å². The van der Waals surface area contributed by atoms with Gasteiger partial charge in [-0.3, -0.25) is 5.01 Å². The van der Waals surface area contributed by atoms with E-state index in [0.717, 1.165) is 12.1 Å². The average Bonchev–Trinajstić information content (AvgIpc) is 2.55. The van der Waals surface area contributed by atoms with Crippen molar-refractivity contribution in [1.29, 1.82) is 0 Å². The minimum Gasteiger partial charge on any atom is -0.508 e. The van der Waals surface area contributed by atoms with Gasteiger partial charge in [0, 0.05) is 7.05 Å². The molecule has 0 saturated heterocycles. The summed E-state index contributed by atoms with van der Waals surface area (Å²) >= 11 is 0. The normalized spacial score (nSPS) is 11.1. The van der Waals surface area contributed by atoms with Gasteiger partial charge in [0.2, 0.25) is 0 Å². The second-order valence-electron chi connectivity index (χ2n) is 5.29. The highest BCUT2D eigenvalue weighted by molar-refractivity contribution is 5.85. The van der Waals surface area contributed by atoms with Crippen molar-refractivity contribution in [2.45, 2.75) is 6.54 Å². The highest BCUT2D eigenvalue weighted by Gasteiger charge is 2.02. The number of nitrogens with zero attached hydrogens (tertiary/aromatic N) is 2. The van der Waals surface area contributed by atoms with E-state index in [1.54, 1.807) is 18.3 Å². The lowest BCUT2D eigenvalue weighted by atomic mass is 10.0. The van der Waals surface area contributed by atoms with E-state index in [-0.39, 0.29) is 5.75 Å². The molecule has 110 valence electrons. The van der Waals surface area contributed by atoms with Crippen LogP contribution in [0.5, 0.6) is 5.75 Å². The lowest BCUT2D eigenvalue weighted by molar-refractivity contribution is 0.350. The molecule has 0 spiro atoms. The molecule has 0 aliphatic heterocycles. The predicted molar refractivity (Wildman–Crippen MR) is 91.1 cm³/mol. The van der Waals surface area contributed by atoms with Crippen molar-refractivity contribution in [3.05, 3.63) is 77.9 Å². The molecular formula is C19H18N2O. The molecule has 0 unspecified atom stereocenters. The second-order valence-corrected chi connectivity index (χ2v) is 5.29. The Hall–Kier alpha value is -2.81. The van der Waals surface area contributed by atoms with Gasteiger partial charge in [0.1, 0.15) is 5.75 Å². The van der Waals surface area contributed by atoms with Gasteiger partial charge in [-0.1, -0.05) is 42.5 Å². The molecule has 0 saturated carbocycles. The summed E-state index contributed by atoms with van der Waals surface area (Å²) < 4.78 is 0. The monoisotopic (exact) mass is 290 g/mol. The van der Waals surface area contributed by atoms with Crippen molar-refractivity contribution in [3.63, 3.8) is 0 Å². The molecular weight excluding hydrogens is 272 g/mol. The maximum absolute atomic E-state index is 9.27. The molecule has 3 heteroatoms. The average molecular weight is 290 g/mol. The van der Waals surface area contributed by atoms with Crippen LogP contribution in [-0.2, 0) is 6.54 Å². The standard InChI is InChI=1S/C19H18N2O/c1-21(20-13-15-9-11-18(22)12-10-15)14-17-7-4-6-16-5-2-3-8-19(16)17/h2-13,22H,14H2,1H3/b20-13+. The Morgan fingerprint density at radius 3 is 2.50 bits per heavy atom. The van der Waals surface area contributed by atoms with Gasteiger partial charge >= 0.3 is 0 Å². The van der Waals surface area contributed by atoms with E-state index in [9.17, 15) is 5.11 Å². The van der Waals surface area contributed by atoms with E-state index in [4.69, 9.17) is 0 Å². The molecule has 0 aliphatic rings. The third-order valence-electron chi connectivity index (χ3n) is 3.58. The molecule has 0 bridgehead atoms. The van der Waals surface area contributed by atoms with Crippen LogP contribution < -0.4 is 0 Å². The number of fused-ring (bicyclic) bond motifs is 1. The highest BCUT2D eigenvalue weighted by Crippen LogP contribution is 2.19. The van der Waals surface area contributed by atoms with Crippen LogP contribution in [0, 0.1) is 0 Å². The Labute approximate surface area is 130 Å². The second kappa shape index (κ2) is 6.31. The Morgan fingerprint density at radius 1 is 0.955 bits per heavy atom. The summed E-state index contributed by atoms with van der Waals surface area (Å²) in [6, 6.07) is 21.7. The lowest BCUT2D eigenvalue weighted by Gasteiger charge is -2.14. The van der Waals surface area contributed by atoms with Crippen LogP contribution in [0.2, 0.25) is 0 Å². The first-order chi connectivity index (χ1) is 10.7. The smallest absolute Gasteiger partial charge is 0.115 e. The largest absolute Gasteiger partial charge is 0.508 e. The minimum absolute atomic E-state index is 0.265.